The van der Waals surface area contributed by atoms with Gasteiger partial charge >= 0.3 is 19.8 Å². The first-order chi connectivity index (χ1) is 35.8. The van der Waals surface area contributed by atoms with Crippen LogP contribution in [0.3, 0.4) is 0 Å². The number of ether oxygens (including phenoxy) is 2. The first kappa shape index (κ1) is 69.2. The molecular weight excluding hydrogens is 930 g/mol. The summed E-state index contributed by atoms with van der Waals surface area (Å²) in [7, 11) is -4.39. The Morgan fingerprint density at radius 1 is 0.425 bits per heavy atom. The molecule has 2 atom stereocenters. The molecule has 0 saturated heterocycles. The van der Waals surface area contributed by atoms with E-state index in [1.165, 1.54) is 70.6 Å². The van der Waals surface area contributed by atoms with E-state index in [-0.39, 0.29) is 38.6 Å². The molecule has 0 spiro atoms. The molecule has 414 valence electrons. The van der Waals surface area contributed by atoms with Crippen LogP contribution in [0.2, 0.25) is 0 Å². The van der Waals surface area contributed by atoms with E-state index in [0.717, 1.165) is 116 Å². The van der Waals surface area contributed by atoms with E-state index in [9.17, 15) is 19.0 Å². The molecule has 0 aromatic rings. The van der Waals surface area contributed by atoms with Crippen molar-refractivity contribution in [1.82, 2.24) is 0 Å². The number of rotatable bonds is 52. The summed E-state index contributed by atoms with van der Waals surface area (Å²) in [6.07, 6.45) is 80.9. The van der Waals surface area contributed by atoms with Gasteiger partial charge in [0, 0.05) is 19.4 Å². The lowest BCUT2D eigenvalue weighted by Crippen LogP contribution is -2.29. The van der Waals surface area contributed by atoms with Crippen molar-refractivity contribution in [1.29, 1.82) is 0 Å². The van der Waals surface area contributed by atoms with E-state index < -0.39 is 26.5 Å². The number of nitrogens with two attached hydrogens (primary N) is 1. The molecule has 0 rings (SSSR count). The minimum Gasteiger partial charge on any atom is -0.462 e. The Labute approximate surface area is 446 Å². The predicted molar refractivity (Wildman–Crippen MR) is 311 cm³/mol. The van der Waals surface area contributed by atoms with Crippen LogP contribution in [-0.4, -0.2) is 49.3 Å². The summed E-state index contributed by atoms with van der Waals surface area (Å²) < 4.78 is 32.9. The van der Waals surface area contributed by atoms with Gasteiger partial charge in [0.15, 0.2) is 6.10 Å². The second kappa shape index (κ2) is 57.4. The second-order valence-electron chi connectivity index (χ2n) is 18.4. The van der Waals surface area contributed by atoms with E-state index in [4.69, 9.17) is 24.3 Å². The Kier molecular flexibility index (Phi) is 54.4. The number of hydrogen-bond donors (Lipinski definition) is 2. The number of carbonyl (C=O) groups excluding carboxylic acids is 2. The lowest BCUT2D eigenvalue weighted by atomic mass is 10.1. The Morgan fingerprint density at radius 3 is 1.12 bits per heavy atom. The molecule has 0 aromatic carbocycles. The Morgan fingerprint density at radius 2 is 0.753 bits per heavy atom. The summed E-state index contributed by atoms with van der Waals surface area (Å²) in [5, 5.41) is 0. The lowest BCUT2D eigenvalue weighted by Gasteiger charge is -2.19. The van der Waals surface area contributed by atoms with Crippen molar-refractivity contribution in [2.45, 2.75) is 225 Å². The summed E-state index contributed by atoms with van der Waals surface area (Å²) in [6, 6.07) is 0. The van der Waals surface area contributed by atoms with Crippen LogP contribution in [0.15, 0.2) is 134 Å². The van der Waals surface area contributed by atoms with Crippen LogP contribution in [0.5, 0.6) is 0 Å². The van der Waals surface area contributed by atoms with Crippen LogP contribution in [0.1, 0.15) is 219 Å². The van der Waals surface area contributed by atoms with Crippen LogP contribution >= 0.6 is 7.82 Å². The standard InChI is InChI=1S/C63H104NO8P/c1-3-5-7-9-11-13-15-16-17-18-19-20-21-22-23-24-25-26-27-28-29-30-31-32-33-34-35-36-37-38-39-40-41-42-43-44-46-48-50-52-54-56-63(66)72-61(60-71-73(67,68)70-58-57-64)59-69-62(65)55-53-51-49-47-45-14-12-10-8-6-4-2/h5,7,11,13,16-17,19-20,22-23,25-26,28-29,31-32,34-35,37-38,40-41,61H,3-4,6,8-10,12,14-15,18,21,24,27,30,33,36,39,42-60,64H2,1-2H3,(H,67,68)/b7-5-,13-11-,17-16-,20-19-,23-22-,26-25-,29-28-,32-31-,35-34-,38-37-,41-40-. The monoisotopic (exact) mass is 1030 g/mol. The third-order valence-electron chi connectivity index (χ3n) is 11.6. The Hall–Kier alpha value is -3.85. The van der Waals surface area contributed by atoms with Gasteiger partial charge in [-0.1, -0.05) is 244 Å². The lowest BCUT2D eigenvalue weighted by molar-refractivity contribution is -0.161. The molecule has 0 aliphatic rings. The maximum atomic E-state index is 12.7. The number of carbonyl (C=O) groups is 2. The zero-order chi connectivity index (χ0) is 53.1. The van der Waals surface area contributed by atoms with Crippen molar-refractivity contribution in [2.75, 3.05) is 26.4 Å². The molecule has 3 N–H and O–H groups in total. The summed E-state index contributed by atoms with van der Waals surface area (Å²) >= 11 is 0. The number of hydrogen-bond acceptors (Lipinski definition) is 8. The fraction of sp³-hybridized carbons (Fsp3) is 0.619. The topological polar surface area (TPSA) is 134 Å². The van der Waals surface area contributed by atoms with Gasteiger partial charge in [-0.3, -0.25) is 18.6 Å². The molecule has 10 heteroatoms. The van der Waals surface area contributed by atoms with Crippen molar-refractivity contribution >= 4 is 19.8 Å². The minimum absolute atomic E-state index is 0.0464. The molecule has 0 aliphatic carbocycles. The van der Waals surface area contributed by atoms with Crippen LogP contribution in [-0.2, 0) is 32.7 Å². The number of unbranched alkanes of at least 4 members (excludes halogenated alkanes) is 17. The molecule has 0 radical (unpaired) electrons. The molecule has 9 nitrogen and oxygen atoms in total. The van der Waals surface area contributed by atoms with E-state index >= 15 is 0 Å². The third-order valence-corrected chi connectivity index (χ3v) is 12.5. The number of phosphoric acid groups is 1. The van der Waals surface area contributed by atoms with Gasteiger partial charge in [0.2, 0.25) is 0 Å². The maximum absolute atomic E-state index is 12.7. The molecule has 0 aromatic heterocycles. The van der Waals surface area contributed by atoms with Gasteiger partial charge in [-0.05, 0) is 96.3 Å². The largest absolute Gasteiger partial charge is 0.472 e. The molecular formula is C63H104NO8P. The zero-order valence-electron chi connectivity index (χ0n) is 46.1. The highest BCUT2D eigenvalue weighted by Gasteiger charge is 2.26. The zero-order valence-corrected chi connectivity index (χ0v) is 47.0. The first-order valence-electron chi connectivity index (χ1n) is 28.7. The summed E-state index contributed by atoms with van der Waals surface area (Å²) in [6.45, 7) is 3.59. The average molecular weight is 1030 g/mol. The fourth-order valence-electron chi connectivity index (χ4n) is 7.35. The van der Waals surface area contributed by atoms with Crippen LogP contribution in [0.25, 0.3) is 0 Å². The quantitative estimate of drug-likeness (QED) is 0.0264. The SMILES string of the molecule is CC/C=C\C/C=C\C/C=C\C/C=C\C/C=C\C/C=C\C/C=C\C/C=C\C/C=C\C/C=C\C/C=C\CCCCCCCCCC(=O)OC(COC(=O)CCCCCCCCCCCCC)COP(=O)(O)OCCN. The van der Waals surface area contributed by atoms with Crippen molar-refractivity contribution in [3.8, 4) is 0 Å². The van der Waals surface area contributed by atoms with Gasteiger partial charge in [0.1, 0.15) is 6.61 Å². The van der Waals surface area contributed by atoms with Crippen LogP contribution < -0.4 is 5.73 Å². The third kappa shape index (κ3) is 57.3. The highest BCUT2D eigenvalue weighted by Crippen LogP contribution is 2.43. The van der Waals surface area contributed by atoms with Crippen LogP contribution in [0.4, 0.5) is 0 Å². The predicted octanol–water partition coefficient (Wildman–Crippen LogP) is 18.2. The van der Waals surface area contributed by atoms with Crippen LogP contribution in [0, 0.1) is 0 Å². The molecule has 0 bridgehead atoms. The van der Waals surface area contributed by atoms with Crippen molar-refractivity contribution in [2.24, 2.45) is 5.73 Å². The van der Waals surface area contributed by atoms with Gasteiger partial charge in [-0.2, -0.15) is 0 Å². The van der Waals surface area contributed by atoms with E-state index in [1.807, 2.05) is 0 Å². The minimum atomic E-state index is -4.39. The molecule has 0 amide bonds. The number of esters is 2. The molecule has 0 heterocycles. The Bertz CT molecular complexity index is 1650. The highest BCUT2D eigenvalue weighted by atomic mass is 31.2. The molecule has 0 fully saturated rings. The smallest absolute Gasteiger partial charge is 0.462 e. The summed E-state index contributed by atoms with van der Waals surface area (Å²) in [4.78, 5) is 35.0. The van der Waals surface area contributed by atoms with E-state index in [1.54, 1.807) is 0 Å². The van der Waals surface area contributed by atoms with Crippen molar-refractivity contribution in [3.63, 3.8) is 0 Å². The molecule has 0 aliphatic heterocycles. The fourth-order valence-corrected chi connectivity index (χ4v) is 8.11. The van der Waals surface area contributed by atoms with Gasteiger partial charge in [-0.15, -0.1) is 0 Å². The Balaban J connectivity index is 3.98. The van der Waals surface area contributed by atoms with Crippen molar-refractivity contribution in [3.05, 3.63) is 134 Å². The second-order valence-corrected chi connectivity index (χ2v) is 19.9. The maximum Gasteiger partial charge on any atom is 0.472 e. The summed E-state index contributed by atoms with van der Waals surface area (Å²) in [5.41, 5.74) is 5.36. The average Bonchev–Trinajstić information content (AvgIpc) is 3.38. The van der Waals surface area contributed by atoms with E-state index in [2.05, 4.69) is 148 Å². The molecule has 0 saturated carbocycles. The number of phosphoric ester groups is 1. The normalized spacial score (nSPS) is 14.1. The van der Waals surface area contributed by atoms with Gasteiger partial charge in [-0.25, -0.2) is 4.57 Å². The first-order valence-corrected chi connectivity index (χ1v) is 30.2. The summed E-state index contributed by atoms with van der Waals surface area (Å²) in [5.74, 6) is -0.848. The van der Waals surface area contributed by atoms with E-state index in [0.29, 0.717) is 6.42 Å². The van der Waals surface area contributed by atoms with Gasteiger partial charge in [0.25, 0.3) is 0 Å². The van der Waals surface area contributed by atoms with Gasteiger partial charge in [0.05, 0.1) is 13.2 Å². The highest BCUT2D eigenvalue weighted by molar-refractivity contribution is 7.47. The van der Waals surface area contributed by atoms with Crippen molar-refractivity contribution < 1.29 is 37.6 Å². The van der Waals surface area contributed by atoms with Gasteiger partial charge < -0.3 is 20.1 Å². The number of allylic oxidation sites excluding steroid dienone is 22. The molecule has 2 unspecified atom stereocenters. The molecule has 73 heavy (non-hydrogen) atoms.